The highest BCUT2D eigenvalue weighted by atomic mass is 32.2. The number of nitrogens with two attached hydrogens (primary N) is 1. The molecule has 0 unspecified atom stereocenters. The lowest BCUT2D eigenvalue weighted by Gasteiger charge is -2.09. The predicted molar refractivity (Wildman–Crippen MR) is 84.2 cm³/mol. The molecule has 2 rings (SSSR count). The Morgan fingerprint density at radius 1 is 1.10 bits per heavy atom. The smallest absolute Gasteiger partial charge is 0.233 e. The fraction of sp³-hybridized carbons (Fsp3) is 0.200. The average molecular weight is 306 g/mol. The van der Waals surface area contributed by atoms with Gasteiger partial charge in [-0.05, 0) is 48.9 Å². The zero-order valence-electron chi connectivity index (χ0n) is 11.7. The minimum atomic E-state index is -3.38. The number of anilines is 1. The molecule has 0 aliphatic rings. The second-order valence-electron chi connectivity index (χ2n) is 4.65. The van der Waals surface area contributed by atoms with Gasteiger partial charge < -0.3 is 10.5 Å². The SMILES string of the molecule is Cc1cccc(Oc2ccc(NS(=O)(=O)CCN)cc2)c1. The highest BCUT2D eigenvalue weighted by Crippen LogP contribution is 2.23. The van der Waals surface area contributed by atoms with Gasteiger partial charge >= 0.3 is 0 Å². The minimum Gasteiger partial charge on any atom is -0.457 e. The van der Waals surface area contributed by atoms with Crippen LogP contribution in [0.1, 0.15) is 5.56 Å². The van der Waals surface area contributed by atoms with Crippen molar-refractivity contribution >= 4 is 15.7 Å². The quantitative estimate of drug-likeness (QED) is 0.859. The van der Waals surface area contributed by atoms with Crippen molar-refractivity contribution in [1.82, 2.24) is 0 Å². The fourth-order valence-corrected chi connectivity index (χ4v) is 2.70. The van der Waals surface area contributed by atoms with E-state index in [0.29, 0.717) is 11.4 Å². The van der Waals surface area contributed by atoms with Crippen LogP contribution in [0.4, 0.5) is 5.69 Å². The first-order valence-electron chi connectivity index (χ1n) is 6.54. The molecular weight excluding hydrogens is 288 g/mol. The predicted octanol–water partition coefficient (Wildman–Crippen LogP) is 2.49. The molecule has 21 heavy (non-hydrogen) atoms. The molecule has 2 aromatic rings. The third-order valence-corrected chi connectivity index (χ3v) is 4.06. The van der Waals surface area contributed by atoms with Gasteiger partial charge in [0.05, 0.1) is 5.75 Å². The van der Waals surface area contributed by atoms with Gasteiger partial charge in [0.2, 0.25) is 10.0 Å². The van der Waals surface area contributed by atoms with Crippen molar-refractivity contribution in [1.29, 1.82) is 0 Å². The normalized spacial score (nSPS) is 11.1. The summed E-state index contributed by atoms with van der Waals surface area (Å²) in [6, 6.07) is 14.4. The topological polar surface area (TPSA) is 81.4 Å². The Bertz CT molecular complexity index is 697. The van der Waals surface area contributed by atoms with E-state index in [0.717, 1.165) is 11.3 Å². The van der Waals surface area contributed by atoms with Crippen molar-refractivity contribution in [2.45, 2.75) is 6.92 Å². The maximum Gasteiger partial charge on any atom is 0.233 e. The Labute approximate surface area is 124 Å². The van der Waals surface area contributed by atoms with Gasteiger partial charge in [-0.25, -0.2) is 8.42 Å². The third kappa shape index (κ3) is 4.77. The fourth-order valence-electron chi connectivity index (χ4n) is 1.79. The van der Waals surface area contributed by atoms with Gasteiger partial charge in [-0.2, -0.15) is 0 Å². The molecule has 3 N–H and O–H groups in total. The van der Waals surface area contributed by atoms with Gasteiger partial charge in [0.25, 0.3) is 0 Å². The van der Waals surface area contributed by atoms with Crippen LogP contribution in [-0.2, 0) is 10.0 Å². The number of ether oxygens (including phenoxy) is 1. The van der Waals surface area contributed by atoms with Crippen LogP contribution in [0.15, 0.2) is 48.5 Å². The Hall–Kier alpha value is -2.05. The van der Waals surface area contributed by atoms with E-state index in [4.69, 9.17) is 10.5 Å². The van der Waals surface area contributed by atoms with Crippen molar-refractivity contribution in [3.8, 4) is 11.5 Å². The summed E-state index contributed by atoms with van der Waals surface area (Å²) < 4.78 is 31.3. The van der Waals surface area contributed by atoms with Gasteiger partial charge in [0, 0.05) is 12.2 Å². The van der Waals surface area contributed by atoms with Crippen molar-refractivity contribution < 1.29 is 13.2 Å². The van der Waals surface area contributed by atoms with E-state index in [1.165, 1.54) is 0 Å². The zero-order valence-corrected chi connectivity index (χ0v) is 12.6. The molecule has 112 valence electrons. The molecular formula is C15H18N2O3S. The van der Waals surface area contributed by atoms with E-state index in [2.05, 4.69) is 4.72 Å². The highest BCUT2D eigenvalue weighted by molar-refractivity contribution is 7.92. The maximum atomic E-state index is 11.6. The molecule has 0 aliphatic carbocycles. The summed E-state index contributed by atoms with van der Waals surface area (Å²) in [6.45, 7) is 2.08. The summed E-state index contributed by atoms with van der Waals surface area (Å²) in [5, 5.41) is 0. The first kappa shape index (κ1) is 15.3. The molecule has 0 saturated heterocycles. The van der Waals surface area contributed by atoms with Gasteiger partial charge in [-0.3, -0.25) is 4.72 Å². The second-order valence-corrected chi connectivity index (χ2v) is 6.49. The summed E-state index contributed by atoms with van der Waals surface area (Å²) in [5.74, 6) is 1.28. The van der Waals surface area contributed by atoms with Crippen molar-refractivity contribution in [3.05, 3.63) is 54.1 Å². The first-order valence-corrected chi connectivity index (χ1v) is 8.19. The summed E-state index contributed by atoms with van der Waals surface area (Å²) in [4.78, 5) is 0. The molecule has 0 amide bonds. The summed E-state index contributed by atoms with van der Waals surface area (Å²) in [7, 11) is -3.38. The summed E-state index contributed by atoms with van der Waals surface area (Å²) in [5.41, 5.74) is 6.85. The number of benzene rings is 2. The number of sulfonamides is 1. The molecule has 0 bridgehead atoms. The Morgan fingerprint density at radius 3 is 2.43 bits per heavy atom. The Balaban J connectivity index is 2.05. The van der Waals surface area contributed by atoms with Crippen LogP contribution >= 0.6 is 0 Å². The van der Waals surface area contributed by atoms with Crippen LogP contribution in [0.3, 0.4) is 0 Å². The highest BCUT2D eigenvalue weighted by Gasteiger charge is 2.08. The number of nitrogens with one attached hydrogen (secondary N) is 1. The lowest BCUT2D eigenvalue weighted by Crippen LogP contribution is -2.22. The van der Waals surface area contributed by atoms with E-state index in [1.54, 1.807) is 24.3 Å². The van der Waals surface area contributed by atoms with E-state index in [1.807, 2.05) is 31.2 Å². The molecule has 0 atom stereocenters. The van der Waals surface area contributed by atoms with E-state index in [9.17, 15) is 8.42 Å². The second kappa shape index (κ2) is 6.60. The zero-order chi connectivity index (χ0) is 15.3. The van der Waals surface area contributed by atoms with Crippen LogP contribution in [0.2, 0.25) is 0 Å². The maximum absolute atomic E-state index is 11.6. The van der Waals surface area contributed by atoms with E-state index < -0.39 is 10.0 Å². The van der Waals surface area contributed by atoms with Gasteiger partial charge in [-0.1, -0.05) is 12.1 Å². The number of hydrogen-bond acceptors (Lipinski definition) is 4. The summed E-state index contributed by atoms with van der Waals surface area (Å²) in [6.07, 6.45) is 0. The van der Waals surface area contributed by atoms with Gasteiger partial charge in [0.15, 0.2) is 0 Å². The monoisotopic (exact) mass is 306 g/mol. The van der Waals surface area contributed by atoms with Crippen LogP contribution in [0, 0.1) is 6.92 Å². The van der Waals surface area contributed by atoms with Crippen LogP contribution in [0.5, 0.6) is 11.5 Å². The van der Waals surface area contributed by atoms with Crippen LogP contribution < -0.4 is 15.2 Å². The molecule has 0 aromatic heterocycles. The number of rotatable bonds is 6. The van der Waals surface area contributed by atoms with Crippen LogP contribution in [-0.4, -0.2) is 20.7 Å². The average Bonchev–Trinajstić information content (AvgIpc) is 2.40. The van der Waals surface area contributed by atoms with Crippen molar-refractivity contribution in [2.75, 3.05) is 17.0 Å². The number of hydrogen-bond donors (Lipinski definition) is 2. The van der Waals surface area contributed by atoms with Gasteiger partial charge in [0.1, 0.15) is 11.5 Å². The van der Waals surface area contributed by atoms with Crippen LogP contribution in [0.25, 0.3) is 0 Å². The molecule has 0 saturated carbocycles. The molecule has 0 heterocycles. The third-order valence-electron chi connectivity index (χ3n) is 2.74. The molecule has 5 nitrogen and oxygen atoms in total. The molecule has 2 aromatic carbocycles. The lowest BCUT2D eigenvalue weighted by molar-refractivity contribution is 0.482. The molecule has 0 fully saturated rings. The molecule has 0 radical (unpaired) electrons. The Kier molecular flexibility index (Phi) is 4.82. The van der Waals surface area contributed by atoms with Crippen molar-refractivity contribution in [2.24, 2.45) is 5.73 Å². The van der Waals surface area contributed by atoms with Crippen molar-refractivity contribution in [3.63, 3.8) is 0 Å². The molecule has 6 heteroatoms. The lowest BCUT2D eigenvalue weighted by atomic mass is 10.2. The molecule has 0 spiro atoms. The van der Waals surface area contributed by atoms with E-state index in [-0.39, 0.29) is 12.3 Å². The number of aryl methyl sites for hydroxylation is 1. The van der Waals surface area contributed by atoms with Gasteiger partial charge in [-0.15, -0.1) is 0 Å². The first-order chi connectivity index (χ1) is 9.98. The minimum absolute atomic E-state index is 0.0872. The summed E-state index contributed by atoms with van der Waals surface area (Å²) >= 11 is 0. The molecule has 0 aliphatic heterocycles. The standard InChI is InChI=1S/C15H18N2O3S/c1-12-3-2-4-15(11-12)20-14-7-5-13(6-8-14)17-21(18,19)10-9-16/h2-8,11,17H,9-10,16H2,1H3. The Morgan fingerprint density at radius 2 is 1.81 bits per heavy atom. The van der Waals surface area contributed by atoms with E-state index >= 15 is 0 Å². The largest absolute Gasteiger partial charge is 0.457 e.